The summed E-state index contributed by atoms with van der Waals surface area (Å²) in [4.78, 5) is 33.3. The van der Waals surface area contributed by atoms with Crippen LogP contribution in [0.5, 0.6) is 5.75 Å². The van der Waals surface area contributed by atoms with Crippen molar-refractivity contribution in [2.75, 3.05) is 11.5 Å². The van der Waals surface area contributed by atoms with E-state index in [1.807, 2.05) is 24.3 Å². The van der Waals surface area contributed by atoms with Crippen LogP contribution in [0.25, 0.3) is 10.2 Å². The highest BCUT2D eigenvalue weighted by molar-refractivity contribution is 7.22. The van der Waals surface area contributed by atoms with Gasteiger partial charge in [-0.3, -0.25) is 14.5 Å². The number of aliphatic hydroxyl groups excluding tert-OH is 1. The second-order valence-electron chi connectivity index (χ2n) is 8.03. The Balaban J connectivity index is 1.63. The van der Waals surface area contributed by atoms with Gasteiger partial charge in [-0.15, -0.1) is 11.3 Å². The number of benzene rings is 2. The van der Waals surface area contributed by atoms with Crippen LogP contribution < -0.4 is 9.64 Å². The Morgan fingerprint density at radius 3 is 2.83 bits per heavy atom. The summed E-state index contributed by atoms with van der Waals surface area (Å²) in [7, 11) is 0. The van der Waals surface area contributed by atoms with Crippen molar-refractivity contribution in [3.05, 3.63) is 86.8 Å². The van der Waals surface area contributed by atoms with Gasteiger partial charge in [-0.1, -0.05) is 54.5 Å². The molecule has 6 nitrogen and oxygen atoms in total. The quantitative estimate of drug-likeness (QED) is 0.199. The molecule has 4 aromatic rings. The lowest BCUT2D eigenvalue weighted by molar-refractivity contribution is -0.117. The third-order valence-corrected chi connectivity index (χ3v) is 7.80. The Labute approximate surface area is 215 Å². The van der Waals surface area contributed by atoms with Crippen molar-refractivity contribution in [3.63, 3.8) is 0 Å². The molecule has 5 rings (SSSR count). The number of carbonyl (C=O) groups is 2. The van der Waals surface area contributed by atoms with Crippen molar-refractivity contribution in [3.8, 4) is 5.75 Å². The van der Waals surface area contributed by atoms with Gasteiger partial charge in [-0.2, -0.15) is 0 Å². The first-order valence-corrected chi connectivity index (χ1v) is 13.2. The Kier molecular flexibility index (Phi) is 6.60. The van der Waals surface area contributed by atoms with E-state index in [2.05, 4.69) is 11.9 Å². The summed E-state index contributed by atoms with van der Waals surface area (Å²) < 4.78 is 6.68. The lowest BCUT2D eigenvalue weighted by Crippen LogP contribution is -2.30. The summed E-state index contributed by atoms with van der Waals surface area (Å²) in [6.07, 6.45) is 1.91. The number of thiophene rings is 1. The third-order valence-electron chi connectivity index (χ3n) is 5.68. The highest BCUT2D eigenvalue weighted by Crippen LogP contribution is 2.45. The van der Waals surface area contributed by atoms with Crippen molar-refractivity contribution in [2.24, 2.45) is 0 Å². The number of ether oxygens (including phenoxy) is 1. The molecule has 0 fully saturated rings. The fraction of sp³-hybridized carbons (Fsp3) is 0.192. The number of Topliss-reactive ketones (excluding diaryl/α,β-unsaturated/α-hetero) is 1. The minimum Gasteiger partial charge on any atom is -0.503 e. The van der Waals surface area contributed by atoms with Gasteiger partial charge in [0.05, 0.1) is 33.3 Å². The molecule has 0 spiro atoms. The van der Waals surface area contributed by atoms with Gasteiger partial charge < -0.3 is 9.84 Å². The van der Waals surface area contributed by atoms with Crippen molar-refractivity contribution < 1.29 is 19.4 Å². The zero-order valence-electron chi connectivity index (χ0n) is 18.7. The molecule has 1 amide bonds. The molecule has 0 unspecified atom stereocenters. The number of nitrogens with zero attached hydrogens (tertiary/aromatic N) is 2. The van der Waals surface area contributed by atoms with E-state index in [1.54, 1.807) is 35.7 Å². The van der Waals surface area contributed by atoms with Gasteiger partial charge in [-0.05, 0) is 53.8 Å². The van der Waals surface area contributed by atoms with Crippen molar-refractivity contribution in [1.82, 2.24) is 4.98 Å². The van der Waals surface area contributed by atoms with Crippen LogP contribution in [0, 0.1) is 0 Å². The second-order valence-corrected chi connectivity index (χ2v) is 10.4. The van der Waals surface area contributed by atoms with Crippen LogP contribution in [0.3, 0.4) is 0 Å². The van der Waals surface area contributed by atoms with E-state index in [9.17, 15) is 14.7 Å². The number of carbonyl (C=O) groups excluding carboxylic acids is 2. The molecule has 0 aliphatic carbocycles. The molecule has 3 heterocycles. The highest BCUT2D eigenvalue weighted by atomic mass is 35.5. The third kappa shape index (κ3) is 4.45. The van der Waals surface area contributed by atoms with Crippen LogP contribution in [0.15, 0.2) is 71.3 Å². The zero-order chi connectivity index (χ0) is 24.5. The minimum absolute atomic E-state index is 0.0282. The Morgan fingerprint density at radius 2 is 2.06 bits per heavy atom. The van der Waals surface area contributed by atoms with Gasteiger partial charge >= 0.3 is 0 Å². The van der Waals surface area contributed by atoms with Crippen LogP contribution in [0.1, 0.15) is 41.0 Å². The largest absolute Gasteiger partial charge is 0.503 e. The van der Waals surface area contributed by atoms with Gasteiger partial charge in [0, 0.05) is 5.02 Å². The first kappa shape index (κ1) is 23.5. The molecule has 1 aliphatic heterocycles. The molecule has 178 valence electrons. The number of thiazole rings is 1. The number of aliphatic hydroxyl groups is 1. The first-order valence-electron chi connectivity index (χ1n) is 11.1. The fourth-order valence-corrected chi connectivity index (χ4v) is 5.93. The maximum atomic E-state index is 13.5. The van der Waals surface area contributed by atoms with Gasteiger partial charge in [-0.25, -0.2) is 4.98 Å². The molecule has 0 saturated carbocycles. The average Bonchev–Trinajstić information content (AvgIpc) is 3.58. The number of fused-ring (bicyclic) bond motifs is 1. The summed E-state index contributed by atoms with van der Waals surface area (Å²) in [5, 5.41) is 13.7. The second kappa shape index (κ2) is 9.81. The Bertz CT molecular complexity index is 1440. The minimum atomic E-state index is -0.858. The molecule has 0 radical (unpaired) electrons. The van der Waals surface area contributed by atoms with Crippen LogP contribution in [0.2, 0.25) is 5.02 Å². The number of hydrogen-bond acceptors (Lipinski definition) is 7. The summed E-state index contributed by atoms with van der Waals surface area (Å²) in [6.45, 7) is 2.65. The van der Waals surface area contributed by atoms with E-state index in [0.29, 0.717) is 38.5 Å². The molecule has 9 heteroatoms. The maximum absolute atomic E-state index is 13.5. The van der Waals surface area contributed by atoms with Crippen LogP contribution >= 0.6 is 34.3 Å². The Morgan fingerprint density at radius 1 is 1.20 bits per heavy atom. The predicted octanol–water partition coefficient (Wildman–Crippen LogP) is 6.97. The number of amides is 1. The number of hydrogen-bond donors (Lipinski definition) is 1. The van der Waals surface area contributed by atoms with Gasteiger partial charge in [0.15, 0.2) is 10.9 Å². The van der Waals surface area contributed by atoms with Gasteiger partial charge in [0.2, 0.25) is 5.78 Å². The molecule has 1 aliphatic rings. The monoisotopic (exact) mass is 524 g/mol. The SMILES string of the molecule is CCCCOc1cccc([C@H]2C(C(=O)c3cccs3)=C(O)C(=O)N2c2nc3ccc(Cl)cc3s2)c1. The summed E-state index contributed by atoms with van der Waals surface area (Å²) in [5.41, 5.74) is 1.35. The molecular formula is C26H21ClN2O4S2. The van der Waals surface area contributed by atoms with E-state index < -0.39 is 17.7 Å². The molecule has 35 heavy (non-hydrogen) atoms. The number of unbranched alkanes of at least 4 members (excludes halogenated alkanes) is 1. The van der Waals surface area contributed by atoms with E-state index >= 15 is 0 Å². The zero-order valence-corrected chi connectivity index (χ0v) is 21.1. The smallest absolute Gasteiger partial charge is 0.296 e. The van der Waals surface area contributed by atoms with E-state index in [4.69, 9.17) is 16.3 Å². The molecule has 1 N–H and O–H groups in total. The van der Waals surface area contributed by atoms with Crippen LogP contribution in [-0.2, 0) is 4.79 Å². The summed E-state index contributed by atoms with van der Waals surface area (Å²) in [5.74, 6) is -0.992. The van der Waals surface area contributed by atoms with Gasteiger partial charge in [0.25, 0.3) is 5.91 Å². The molecule has 0 saturated heterocycles. The maximum Gasteiger partial charge on any atom is 0.296 e. The highest BCUT2D eigenvalue weighted by Gasteiger charge is 2.46. The van der Waals surface area contributed by atoms with Crippen molar-refractivity contribution in [2.45, 2.75) is 25.8 Å². The van der Waals surface area contributed by atoms with Crippen LogP contribution in [0.4, 0.5) is 5.13 Å². The van der Waals surface area contributed by atoms with E-state index in [0.717, 1.165) is 17.5 Å². The number of halogens is 1. The first-order chi connectivity index (χ1) is 17.0. The standard InChI is InChI=1S/C26H21ClN2O4S2/c1-2-3-11-33-17-7-4-6-15(13-17)22-21(23(30)19-8-5-12-34-19)24(31)25(32)29(22)26-28-18-10-9-16(27)14-20(18)35-26/h4-10,12-14,22,31H,2-3,11H2,1H3/t22-/m0/s1. The molecular weight excluding hydrogens is 504 g/mol. The van der Waals surface area contributed by atoms with E-state index in [-0.39, 0.29) is 11.4 Å². The molecule has 1 atom stereocenters. The lowest BCUT2D eigenvalue weighted by atomic mass is 9.95. The topological polar surface area (TPSA) is 79.7 Å². The molecule has 2 aromatic carbocycles. The lowest BCUT2D eigenvalue weighted by Gasteiger charge is -2.24. The number of anilines is 1. The fourth-order valence-electron chi connectivity index (χ4n) is 3.99. The van der Waals surface area contributed by atoms with Crippen molar-refractivity contribution >= 4 is 61.3 Å². The van der Waals surface area contributed by atoms with Crippen molar-refractivity contribution in [1.29, 1.82) is 0 Å². The molecule has 0 bridgehead atoms. The summed E-state index contributed by atoms with van der Waals surface area (Å²) >= 11 is 8.69. The normalized spacial score (nSPS) is 15.9. The summed E-state index contributed by atoms with van der Waals surface area (Å²) in [6, 6.07) is 15.2. The molecule has 2 aromatic heterocycles. The number of rotatable bonds is 8. The Hall–Kier alpha value is -3.20. The average molecular weight is 525 g/mol. The van der Waals surface area contributed by atoms with Crippen LogP contribution in [-0.4, -0.2) is 28.4 Å². The number of ketones is 1. The predicted molar refractivity (Wildman–Crippen MR) is 140 cm³/mol. The van der Waals surface area contributed by atoms with Gasteiger partial charge in [0.1, 0.15) is 5.75 Å². The van der Waals surface area contributed by atoms with E-state index in [1.165, 1.54) is 27.6 Å². The number of aromatic nitrogens is 1.